The molecule has 4 fully saturated rings. The van der Waals surface area contributed by atoms with Crippen LogP contribution in [0.25, 0.3) is 0 Å². The Morgan fingerprint density at radius 3 is 2.33 bits per heavy atom. The Hall–Kier alpha value is -0.610. The first-order valence-electron chi connectivity index (χ1n) is 10.7. The van der Waals surface area contributed by atoms with Gasteiger partial charge in [0.05, 0.1) is 19.3 Å². The van der Waals surface area contributed by atoms with Crippen LogP contribution in [0.5, 0.6) is 0 Å². The summed E-state index contributed by atoms with van der Waals surface area (Å²) >= 11 is 0. The minimum atomic E-state index is -0.367. The van der Waals surface area contributed by atoms with E-state index in [1.165, 1.54) is 49.7 Å². The van der Waals surface area contributed by atoms with Gasteiger partial charge in [0, 0.05) is 19.6 Å². The zero-order valence-corrected chi connectivity index (χ0v) is 17.1. The number of fused-ring (bicyclic) bond motifs is 1. The van der Waals surface area contributed by atoms with Crippen molar-refractivity contribution in [3.8, 4) is 0 Å². The van der Waals surface area contributed by atoms with E-state index < -0.39 is 0 Å². The molecular formula is C23H34ClNO2. The molecule has 1 N–H and O–H groups in total. The van der Waals surface area contributed by atoms with Crippen molar-refractivity contribution in [2.75, 3.05) is 26.3 Å². The lowest BCUT2D eigenvalue weighted by Crippen LogP contribution is -2.48. The smallest absolute Gasteiger partial charge is 0.0900 e. The van der Waals surface area contributed by atoms with Crippen LogP contribution in [0.15, 0.2) is 24.3 Å². The first-order chi connectivity index (χ1) is 12.7. The van der Waals surface area contributed by atoms with E-state index in [4.69, 9.17) is 4.74 Å². The summed E-state index contributed by atoms with van der Waals surface area (Å²) in [6, 6.07) is 8.70. The topological polar surface area (TPSA) is 32.7 Å². The van der Waals surface area contributed by atoms with Gasteiger partial charge in [-0.15, -0.1) is 12.4 Å². The van der Waals surface area contributed by atoms with E-state index in [0.29, 0.717) is 12.0 Å². The number of hydrogen-bond donors (Lipinski definition) is 1. The molecule has 3 nitrogen and oxygen atoms in total. The predicted molar refractivity (Wildman–Crippen MR) is 110 cm³/mol. The molecule has 4 saturated carbocycles. The summed E-state index contributed by atoms with van der Waals surface area (Å²) < 4.78 is 6.11. The molecule has 0 radical (unpaired) electrons. The van der Waals surface area contributed by atoms with Crippen molar-refractivity contribution in [3.63, 3.8) is 0 Å². The third kappa shape index (κ3) is 4.22. The Morgan fingerprint density at radius 2 is 1.67 bits per heavy atom. The summed E-state index contributed by atoms with van der Waals surface area (Å²) in [4.78, 5) is 2.38. The van der Waals surface area contributed by atoms with Gasteiger partial charge >= 0.3 is 0 Å². The lowest BCUT2D eigenvalue weighted by Gasteiger charge is -2.56. The molecular weight excluding hydrogens is 358 g/mol. The second-order valence-electron chi connectivity index (χ2n) is 9.84. The Labute approximate surface area is 169 Å². The lowest BCUT2D eigenvalue weighted by atomic mass is 9.50. The summed E-state index contributed by atoms with van der Waals surface area (Å²) in [6.45, 7) is 4.12. The van der Waals surface area contributed by atoms with Gasteiger partial charge in [-0.25, -0.2) is 0 Å². The number of hydrogen-bond acceptors (Lipinski definition) is 3. The molecule has 0 aromatic heterocycles. The number of rotatable bonds is 6. The number of aliphatic hydroxyl groups excluding tert-OH is 1. The summed E-state index contributed by atoms with van der Waals surface area (Å²) in [6.07, 6.45) is 9.34. The highest BCUT2D eigenvalue weighted by atomic mass is 35.5. The highest BCUT2D eigenvalue weighted by Crippen LogP contribution is 2.60. The third-order valence-electron chi connectivity index (χ3n) is 7.56. The fourth-order valence-corrected chi connectivity index (χ4v) is 6.94. The average molecular weight is 392 g/mol. The molecule has 6 rings (SSSR count). The molecule has 4 heteroatoms. The second kappa shape index (κ2) is 8.02. The molecule has 4 bridgehead atoms. The fourth-order valence-electron chi connectivity index (χ4n) is 6.94. The van der Waals surface area contributed by atoms with Gasteiger partial charge in [-0.3, -0.25) is 4.90 Å². The standard InChI is InChI=1S/C23H33NO2.ClH/c25-22(14-24-6-5-20-3-1-2-4-21(20)13-24)15-26-16-23-10-17-7-18(11-23)9-19(8-17)12-23;/h1-4,17-19,22,25H,5-16H2;1H. The van der Waals surface area contributed by atoms with E-state index in [9.17, 15) is 5.11 Å². The first-order valence-corrected chi connectivity index (χ1v) is 10.7. The van der Waals surface area contributed by atoms with Crippen molar-refractivity contribution in [2.45, 2.75) is 57.6 Å². The summed E-state index contributed by atoms with van der Waals surface area (Å²) in [5, 5.41) is 10.5. The molecule has 4 aliphatic carbocycles. The summed E-state index contributed by atoms with van der Waals surface area (Å²) in [7, 11) is 0. The number of benzene rings is 1. The monoisotopic (exact) mass is 391 g/mol. The summed E-state index contributed by atoms with van der Waals surface area (Å²) in [5.41, 5.74) is 3.34. The molecule has 1 aliphatic heterocycles. The van der Waals surface area contributed by atoms with E-state index in [0.717, 1.165) is 50.4 Å². The van der Waals surface area contributed by atoms with Gasteiger partial charge in [-0.1, -0.05) is 24.3 Å². The Bertz CT molecular complexity index is 614. The van der Waals surface area contributed by atoms with Crippen LogP contribution in [0.4, 0.5) is 0 Å². The lowest BCUT2D eigenvalue weighted by molar-refractivity contribution is -0.107. The maximum absolute atomic E-state index is 10.5. The molecule has 150 valence electrons. The molecule has 1 heterocycles. The van der Waals surface area contributed by atoms with Gasteiger partial charge in [0.15, 0.2) is 0 Å². The Balaban J connectivity index is 0.00000180. The van der Waals surface area contributed by atoms with Crippen molar-refractivity contribution in [1.29, 1.82) is 0 Å². The van der Waals surface area contributed by atoms with Crippen LogP contribution in [-0.2, 0) is 17.7 Å². The Morgan fingerprint density at radius 1 is 1.04 bits per heavy atom. The van der Waals surface area contributed by atoms with Crippen LogP contribution in [0.2, 0.25) is 0 Å². The highest BCUT2D eigenvalue weighted by molar-refractivity contribution is 5.85. The molecule has 27 heavy (non-hydrogen) atoms. The van der Waals surface area contributed by atoms with Gasteiger partial charge in [0.2, 0.25) is 0 Å². The largest absolute Gasteiger partial charge is 0.389 e. The molecule has 0 saturated heterocycles. The van der Waals surface area contributed by atoms with Crippen LogP contribution in [0, 0.1) is 23.2 Å². The molecule has 1 unspecified atom stereocenters. The number of halogens is 1. The fraction of sp³-hybridized carbons (Fsp3) is 0.739. The first kappa shape index (κ1) is 19.7. The second-order valence-corrected chi connectivity index (χ2v) is 9.84. The summed E-state index contributed by atoms with van der Waals surface area (Å²) in [5.74, 6) is 2.93. The van der Waals surface area contributed by atoms with Crippen LogP contribution < -0.4 is 0 Å². The van der Waals surface area contributed by atoms with Crippen molar-refractivity contribution in [1.82, 2.24) is 4.90 Å². The van der Waals surface area contributed by atoms with Crippen molar-refractivity contribution in [2.24, 2.45) is 23.2 Å². The van der Waals surface area contributed by atoms with Crippen molar-refractivity contribution in [3.05, 3.63) is 35.4 Å². The maximum atomic E-state index is 10.5. The van der Waals surface area contributed by atoms with Gasteiger partial charge < -0.3 is 9.84 Å². The van der Waals surface area contributed by atoms with E-state index >= 15 is 0 Å². The molecule has 0 amide bonds. The molecule has 0 spiro atoms. The zero-order valence-electron chi connectivity index (χ0n) is 16.3. The van der Waals surface area contributed by atoms with Crippen LogP contribution in [0.1, 0.15) is 49.7 Å². The van der Waals surface area contributed by atoms with Crippen LogP contribution in [0.3, 0.4) is 0 Å². The van der Waals surface area contributed by atoms with E-state index in [1.807, 2.05) is 0 Å². The van der Waals surface area contributed by atoms with E-state index in [2.05, 4.69) is 29.2 Å². The van der Waals surface area contributed by atoms with Gasteiger partial charge in [-0.05, 0) is 79.2 Å². The molecule has 1 aromatic carbocycles. The van der Waals surface area contributed by atoms with Crippen molar-refractivity contribution < 1.29 is 9.84 Å². The van der Waals surface area contributed by atoms with E-state index in [1.54, 1.807) is 0 Å². The zero-order chi connectivity index (χ0) is 17.6. The molecule has 1 aromatic rings. The SMILES string of the molecule is Cl.OC(COCC12CC3CC(CC(C3)C1)C2)CN1CCc2ccccc2C1. The number of aliphatic hydroxyl groups is 1. The highest BCUT2D eigenvalue weighted by Gasteiger charge is 2.50. The quantitative estimate of drug-likeness (QED) is 0.793. The van der Waals surface area contributed by atoms with Gasteiger partial charge in [0.25, 0.3) is 0 Å². The molecule has 1 atom stereocenters. The van der Waals surface area contributed by atoms with E-state index in [-0.39, 0.29) is 18.5 Å². The average Bonchev–Trinajstić information content (AvgIpc) is 2.60. The van der Waals surface area contributed by atoms with Crippen molar-refractivity contribution >= 4 is 12.4 Å². The van der Waals surface area contributed by atoms with Gasteiger partial charge in [-0.2, -0.15) is 0 Å². The van der Waals surface area contributed by atoms with Crippen LogP contribution >= 0.6 is 12.4 Å². The number of ether oxygens (including phenoxy) is 1. The molecule has 5 aliphatic rings. The van der Waals surface area contributed by atoms with Crippen LogP contribution in [-0.4, -0.2) is 42.4 Å². The Kier molecular flexibility index (Phi) is 5.85. The number of β-amino-alcohol motifs (C(OH)–C–C–N with tert-alkyl or cyclic N) is 1. The normalized spacial score (nSPS) is 35.5. The minimum Gasteiger partial charge on any atom is -0.389 e. The predicted octanol–water partition coefficient (Wildman–Crippen LogP) is 4.06. The third-order valence-corrected chi connectivity index (χ3v) is 7.56. The minimum absolute atomic E-state index is 0. The number of nitrogens with zero attached hydrogens (tertiary/aromatic N) is 1. The van der Waals surface area contributed by atoms with Gasteiger partial charge in [0.1, 0.15) is 0 Å². The maximum Gasteiger partial charge on any atom is 0.0900 e.